The second-order valence-electron chi connectivity index (χ2n) is 6.53. The maximum atomic E-state index is 12.3. The number of ether oxygens (including phenoxy) is 1. The van der Waals surface area contributed by atoms with Crippen LogP contribution in [0.3, 0.4) is 0 Å². The van der Waals surface area contributed by atoms with Gasteiger partial charge in [-0.05, 0) is 42.3 Å². The van der Waals surface area contributed by atoms with Crippen molar-refractivity contribution in [3.05, 3.63) is 75.3 Å². The number of nitrogens with zero attached hydrogens (tertiary/aromatic N) is 3. The topological polar surface area (TPSA) is 97.1 Å². The van der Waals surface area contributed by atoms with E-state index in [4.69, 9.17) is 4.74 Å². The lowest BCUT2D eigenvalue weighted by atomic mass is 10.1. The van der Waals surface area contributed by atoms with Crippen LogP contribution in [0.4, 0.5) is 5.69 Å². The SMILES string of the molecule is C/C(=N/NC(=O)c1ccc(CN2CCOCC2)cc1)c1ccc([N+](=O)[O-])cc1. The molecule has 2 aromatic rings. The molecule has 1 saturated heterocycles. The van der Waals surface area contributed by atoms with Gasteiger partial charge < -0.3 is 4.74 Å². The van der Waals surface area contributed by atoms with Crippen molar-refractivity contribution in [2.24, 2.45) is 5.10 Å². The molecule has 0 aromatic heterocycles. The van der Waals surface area contributed by atoms with Crippen molar-refractivity contribution in [3.8, 4) is 0 Å². The van der Waals surface area contributed by atoms with Gasteiger partial charge in [0.25, 0.3) is 11.6 Å². The van der Waals surface area contributed by atoms with E-state index in [2.05, 4.69) is 15.4 Å². The first-order chi connectivity index (χ1) is 13.5. The minimum atomic E-state index is -0.458. The van der Waals surface area contributed by atoms with E-state index in [-0.39, 0.29) is 11.6 Å². The first-order valence-electron chi connectivity index (χ1n) is 9.01. The van der Waals surface area contributed by atoms with E-state index in [0.717, 1.165) is 38.4 Å². The van der Waals surface area contributed by atoms with Crippen LogP contribution in [0.2, 0.25) is 0 Å². The number of rotatable bonds is 6. The van der Waals surface area contributed by atoms with Crippen LogP contribution in [-0.4, -0.2) is 47.7 Å². The molecule has 0 aliphatic carbocycles. The van der Waals surface area contributed by atoms with E-state index < -0.39 is 4.92 Å². The largest absolute Gasteiger partial charge is 0.379 e. The summed E-state index contributed by atoms with van der Waals surface area (Å²) >= 11 is 0. The molecule has 1 N–H and O–H groups in total. The molecule has 28 heavy (non-hydrogen) atoms. The van der Waals surface area contributed by atoms with Gasteiger partial charge in [0.05, 0.1) is 23.8 Å². The van der Waals surface area contributed by atoms with E-state index in [0.29, 0.717) is 16.8 Å². The molecule has 8 nitrogen and oxygen atoms in total. The van der Waals surface area contributed by atoms with Crippen LogP contribution >= 0.6 is 0 Å². The number of nitro benzene ring substituents is 1. The maximum absolute atomic E-state index is 12.3. The Balaban J connectivity index is 1.57. The fraction of sp³-hybridized carbons (Fsp3) is 0.300. The number of carbonyl (C=O) groups excluding carboxylic acids is 1. The number of carbonyl (C=O) groups is 1. The lowest BCUT2D eigenvalue weighted by Crippen LogP contribution is -2.35. The molecule has 1 aliphatic heterocycles. The second kappa shape index (κ2) is 9.20. The van der Waals surface area contributed by atoms with Gasteiger partial charge in [-0.1, -0.05) is 12.1 Å². The highest BCUT2D eigenvalue weighted by Gasteiger charge is 2.11. The van der Waals surface area contributed by atoms with Gasteiger partial charge in [-0.2, -0.15) is 5.10 Å². The van der Waals surface area contributed by atoms with Gasteiger partial charge in [0, 0.05) is 37.3 Å². The molecule has 0 radical (unpaired) electrons. The van der Waals surface area contributed by atoms with E-state index in [1.165, 1.54) is 12.1 Å². The number of benzene rings is 2. The highest BCUT2D eigenvalue weighted by Crippen LogP contribution is 2.13. The summed E-state index contributed by atoms with van der Waals surface area (Å²) < 4.78 is 5.35. The monoisotopic (exact) mass is 382 g/mol. The number of morpholine rings is 1. The molecule has 1 heterocycles. The third-order valence-electron chi connectivity index (χ3n) is 4.55. The average Bonchev–Trinajstić information content (AvgIpc) is 2.73. The Hall–Kier alpha value is -3.10. The number of hydrogen-bond acceptors (Lipinski definition) is 6. The molecule has 3 rings (SSSR count). The third-order valence-corrected chi connectivity index (χ3v) is 4.55. The van der Waals surface area contributed by atoms with Crippen LogP contribution in [0.5, 0.6) is 0 Å². The Morgan fingerprint density at radius 2 is 1.71 bits per heavy atom. The molecular weight excluding hydrogens is 360 g/mol. The van der Waals surface area contributed by atoms with Crippen LogP contribution in [0.25, 0.3) is 0 Å². The van der Waals surface area contributed by atoms with Gasteiger partial charge >= 0.3 is 0 Å². The zero-order valence-electron chi connectivity index (χ0n) is 15.6. The predicted molar refractivity (Wildman–Crippen MR) is 105 cm³/mol. The molecule has 0 bridgehead atoms. The molecule has 0 saturated carbocycles. The van der Waals surface area contributed by atoms with Crippen molar-refractivity contribution in [2.75, 3.05) is 26.3 Å². The summed E-state index contributed by atoms with van der Waals surface area (Å²) in [5.41, 5.74) is 5.46. The summed E-state index contributed by atoms with van der Waals surface area (Å²) in [5.74, 6) is -0.306. The van der Waals surface area contributed by atoms with Crippen LogP contribution < -0.4 is 5.43 Å². The molecule has 0 unspecified atom stereocenters. The van der Waals surface area contributed by atoms with Crippen molar-refractivity contribution < 1.29 is 14.5 Å². The summed E-state index contributed by atoms with van der Waals surface area (Å²) in [6, 6.07) is 13.5. The zero-order chi connectivity index (χ0) is 19.9. The minimum Gasteiger partial charge on any atom is -0.379 e. The fourth-order valence-electron chi connectivity index (χ4n) is 2.87. The Morgan fingerprint density at radius 3 is 2.32 bits per heavy atom. The number of nitrogens with one attached hydrogen (secondary N) is 1. The first-order valence-corrected chi connectivity index (χ1v) is 9.01. The van der Waals surface area contributed by atoms with Gasteiger partial charge in [-0.25, -0.2) is 5.43 Å². The number of hydrogen-bond donors (Lipinski definition) is 1. The van der Waals surface area contributed by atoms with E-state index >= 15 is 0 Å². The van der Waals surface area contributed by atoms with Crippen molar-refractivity contribution in [1.29, 1.82) is 0 Å². The highest BCUT2D eigenvalue weighted by molar-refractivity contribution is 6.00. The number of hydrazone groups is 1. The van der Waals surface area contributed by atoms with E-state index in [1.807, 2.05) is 12.1 Å². The number of nitro groups is 1. The molecular formula is C20H22N4O4. The zero-order valence-corrected chi connectivity index (χ0v) is 15.6. The molecule has 0 atom stereocenters. The maximum Gasteiger partial charge on any atom is 0.271 e. The summed E-state index contributed by atoms with van der Waals surface area (Å²) in [6.45, 7) is 5.91. The Morgan fingerprint density at radius 1 is 1.11 bits per heavy atom. The smallest absolute Gasteiger partial charge is 0.271 e. The van der Waals surface area contributed by atoms with Crippen molar-refractivity contribution in [1.82, 2.24) is 10.3 Å². The van der Waals surface area contributed by atoms with Crippen LogP contribution in [-0.2, 0) is 11.3 Å². The minimum absolute atomic E-state index is 0.0118. The van der Waals surface area contributed by atoms with Crippen molar-refractivity contribution >= 4 is 17.3 Å². The molecule has 0 spiro atoms. The van der Waals surface area contributed by atoms with Gasteiger partial charge in [0.2, 0.25) is 0 Å². The molecule has 1 aliphatic rings. The Kier molecular flexibility index (Phi) is 6.46. The number of amides is 1. The van der Waals surface area contributed by atoms with E-state index in [1.54, 1.807) is 31.2 Å². The van der Waals surface area contributed by atoms with Crippen molar-refractivity contribution in [3.63, 3.8) is 0 Å². The van der Waals surface area contributed by atoms with Gasteiger partial charge in [0.15, 0.2) is 0 Å². The predicted octanol–water partition coefficient (Wildman–Crippen LogP) is 2.58. The van der Waals surface area contributed by atoms with E-state index in [9.17, 15) is 14.9 Å². The van der Waals surface area contributed by atoms with Gasteiger partial charge in [-0.3, -0.25) is 19.8 Å². The summed E-state index contributed by atoms with van der Waals surface area (Å²) in [5, 5.41) is 14.8. The van der Waals surface area contributed by atoms with Crippen LogP contribution in [0, 0.1) is 10.1 Å². The average molecular weight is 382 g/mol. The quantitative estimate of drug-likeness (QED) is 0.470. The Labute approximate surface area is 163 Å². The fourth-order valence-corrected chi connectivity index (χ4v) is 2.87. The second-order valence-corrected chi connectivity index (χ2v) is 6.53. The van der Waals surface area contributed by atoms with Crippen LogP contribution in [0.15, 0.2) is 53.6 Å². The summed E-state index contributed by atoms with van der Waals surface area (Å²) in [7, 11) is 0. The number of non-ortho nitro benzene ring substituents is 1. The highest BCUT2D eigenvalue weighted by atomic mass is 16.6. The molecule has 1 amide bonds. The van der Waals surface area contributed by atoms with Crippen LogP contribution in [0.1, 0.15) is 28.4 Å². The standard InChI is InChI=1S/C20H22N4O4/c1-15(17-6-8-19(9-7-17)24(26)27)21-22-20(25)18-4-2-16(3-5-18)14-23-10-12-28-13-11-23/h2-9H,10-14H2,1H3,(H,22,25)/b21-15-. The lowest BCUT2D eigenvalue weighted by molar-refractivity contribution is -0.384. The summed E-state index contributed by atoms with van der Waals surface area (Å²) in [4.78, 5) is 24.8. The summed E-state index contributed by atoms with van der Waals surface area (Å²) in [6.07, 6.45) is 0. The third kappa shape index (κ3) is 5.21. The van der Waals surface area contributed by atoms with Gasteiger partial charge in [0.1, 0.15) is 0 Å². The van der Waals surface area contributed by atoms with Crippen molar-refractivity contribution in [2.45, 2.75) is 13.5 Å². The Bertz CT molecular complexity index is 857. The molecule has 146 valence electrons. The molecule has 8 heteroatoms. The normalized spacial score (nSPS) is 15.2. The first kappa shape index (κ1) is 19.7. The van der Waals surface area contributed by atoms with Gasteiger partial charge in [-0.15, -0.1) is 0 Å². The lowest BCUT2D eigenvalue weighted by Gasteiger charge is -2.26. The molecule has 1 fully saturated rings. The molecule has 2 aromatic carbocycles.